The standard InChI is InChI=1S/C15H11F3N2/c16-12-3-1-2-10(6-12)4-5-20-15-13(17)7-11(9-19)8-14(15)18/h1-3,6-8,20H,4-5H2. The Kier molecular flexibility index (Phi) is 4.26. The van der Waals surface area contributed by atoms with Gasteiger partial charge in [-0.3, -0.25) is 0 Å². The van der Waals surface area contributed by atoms with Crippen molar-refractivity contribution in [2.45, 2.75) is 6.42 Å². The van der Waals surface area contributed by atoms with Gasteiger partial charge < -0.3 is 5.32 Å². The van der Waals surface area contributed by atoms with Gasteiger partial charge in [0.15, 0.2) is 11.6 Å². The normalized spacial score (nSPS) is 10.1. The van der Waals surface area contributed by atoms with Crippen LogP contribution in [0, 0.1) is 28.8 Å². The smallest absolute Gasteiger partial charge is 0.150 e. The second-order valence-electron chi connectivity index (χ2n) is 4.23. The Bertz CT molecular complexity index is 639. The number of nitriles is 1. The Morgan fingerprint density at radius 1 is 1.05 bits per heavy atom. The average Bonchev–Trinajstić information content (AvgIpc) is 2.41. The lowest BCUT2D eigenvalue weighted by atomic mass is 10.1. The number of anilines is 1. The first-order chi connectivity index (χ1) is 9.60. The summed E-state index contributed by atoms with van der Waals surface area (Å²) in [6.07, 6.45) is 0.427. The topological polar surface area (TPSA) is 35.8 Å². The largest absolute Gasteiger partial charge is 0.380 e. The van der Waals surface area contributed by atoms with Crippen LogP contribution in [0.1, 0.15) is 11.1 Å². The van der Waals surface area contributed by atoms with Crippen LogP contribution >= 0.6 is 0 Å². The van der Waals surface area contributed by atoms with Gasteiger partial charge >= 0.3 is 0 Å². The third-order valence-electron chi connectivity index (χ3n) is 2.78. The summed E-state index contributed by atoms with van der Waals surface area (Å²) in [6, 6.07) is 9.61. The molecule has 5 heteroatoms. The van der Waals surface area contributed by atoms with Gasteiger partial charge in [0.25, 0.3) is 0 Å². The zero-order valence-corrected chi connectivity index (χ0v) is 10.5. The van der Waals surface area contributed by atoms with Gasteiger partial charge in [0.1, 0.15) is 11.5 Å². The molecule has 2 rings (SSSR count). The number of halogens is 3. The molecule has 0 saturated carbocycles. The molecule has 1 N–H and O–H groups in total. The van der Waals surface area contributed by atoms with E-state index in [0.717, 1.165) is 17.7 Å². The van der Waals surface area contributed by atoms with Crippen molar-refractivity contribution in [2.75, 3.05) is 11.9 Å². The van der Waals surface area contributed by atoms with Crippen molar-refractivity contribution in [3.8, 4) is 6.07 Å². The van der Waals surface area contributed by atoms with Gasteiger partial charge in [-0.05, 0) is 36.2 Å². The van der Waals surface area contributed by atoms with Crippen LogP contribution in [0.4, 0.5) is 18.9 Å². The maximum atomic E-state index is 13.6. The first-order valence-electron chi connectivity index (χ1n) is 5.97. The molecule has 0 unspecified atom stereocenters. The van der Waals surface area contributed by atoms with E-state index in [4.69, 9.17) is 5.26 Å². The molecule has 0 aliphatic carbocycles. The highest BCUT2D eigenvalue weighted by molar-refractivity contribution is 5.50. The highest BCUT2D eigenvalue weighted by atomic mass is 19.1. The predicted molar refractivity (Wildman–Crippen MR) is 69.7 cm³/mol. The van der Waals surface area contributed by atoms with Crippen LogP contribution in [0.3, 0.4) is 0 Å². The van der Waals surface area contributed by atoms with E-state index < -0.39 is 11.6 Å². The van der Waals surface area contributed by atoms with E-state index in [1.807, 2.05) is 0 Å². The minimum atomic E-state index is -0.819. The number of hydrogen-bond acceptors (Lipinski definition) is 2. The summed E-state index contributed by atoms with van der Waals surface area (Å²) in [6.45, 7) is 0.253. The molecule has 2 aromatic carbocycles. The van der Waals surface area contributed by atoms with Crippen LogP contribution in [0.25, 0.3) is 0 Å². The average molecular weight is 276 g/mol. The summed E-state index contributed by atoms with van der Waals surface area (Å²) in [5.41, 5.74) is 0.378. The van der Waals surface area contributed by atoms with Crippen LogP contribution in [0.5, 0.6) is 0 Å². The van der Waals surface area contributed by atoms with Crippen molar-refractivity contribution in [1.29, 1.82) is 5.26 Å². The SMILES string of the molecule is N#Cc1cc(F)c(NCCc2cccc(F)c2)c(F)c1. The molecule has 0 radical (unpaired) electrons. The van der Waals surface area contributed by atoms with Crippen molar-refractivity contribution >= 4 is 5.69 Å². The van der Waals surface area contributed by atoms with E-state index in [9.17, 15) is 13.2 Å². The molecule has 0 aromatic heterocycles. The van der Waals surface area contributed by atoms with Crippen LogP contribution in [-0.4, -0.2) is 6.54 Å². The Labute approximate surface area is 114 Å². The van der Waals surface area contributed by atoms with E-state index in [-0.39, 0.29) is 23.6 Å². The van der Waals surface area contributed by atoms with E-state index in [0.29, 0.717) is 6.42 Å². The first-order valence-corrected chi connectivity index (χ1v) is 5.97. The van der Waals surface area contributed by atoms with E-state index in [1.165, 1.54) is 12.1 Å². The third kappa shape index (κ3) is 3.29. The van der Waals surface area contributed by atoms with Crippen LogP contribution in [0.2, 0.25) is 0 Å². The lowest BCUT2D eigenvalue weighted by molar-refractivity contribution is 0.587. The van der Waals surface area contributed by atoms with Crippen molar-refractivity contribution in [3.05, 3.63) is 65.0 Å². The lowest BCUT2D eigenvalue weighted by Crippen LogP contribution is -2.08. The molecule has 0 spiro atoms. The molecule has 0 atom stereocenters. The van der Waals surface area contributed by atoms with Gasteiger partial charge in [0.05, 0.1) is 11.6 Å². The Hall–Kier alpha value is -2.48. The fraction of sp³-hybridized carbons (Fsp3) is 0.133. The summed E-state index contributed by atoms with van der Waals surface area (Å²) in [4.78, 5) is 0. The van der Waals surface area contributed by atoms with Crippen molar-refractivity contribution < 1.29 is 13.2 Å². The Morgan fingerprint density at radius 3 is 2.35 bits per heavy atom. The van der Waals surface area contributed by atoms with Crippen LogP contribution in [-0.2, 0) is 6.42 Å². The molecule has 2 aromatic rings. The highest BCUT2D eigenvalue weighted by Crippen LogP contribution is 2.20. The number of benzene rings is 2. The Balaban J connectivity index is 2.03. The maximum absolute atomic E-state index is 13.6. The zero-order valence-electron chi connectivity index (χ0n) is 10.5. The molecule has 0 fully saturated rings. The Morgan fingerprint density at radius 2 is 1.75 bits per heavy atom. The summed E-state index contributed by atoms with van der Waals surface area (Å²) in [5.74, 6) is -1.99. The number of rotatable bonds is 4. The minimum Gasteiger partial charge on any atom is -0.380 e. The zero-order chi connectivity index (χ0) is 14.5. The van der Waals surface area contributed by atoms with Crippen molar-refractivity contribution in [2.24, 2.45) is 0 Å². The van der Waals surface area contributed by atoms with Crippen LogP contribution in [0.15, 0.2) is 36.4 Å². The molecule has 20 heavy (non-hydrogen) atoms. The van der Waals surface area contributed by atoms with E-state index in [2.05, 4.69) is 5.32 Å². The molecule has 2 nitrogen and oxygen atoms in total. The molecule has 0 bridgehead atoms. The molecule has 0 saturated heterocycles. The van der Waals surface area contributed by atoms with Crippen LogP contribution < -0.4 is 5.32 Å². The van der Waals surface area contributed by atoms with Gasteiger partial charge in [0, 0.05) is 6.54 Å². The second kappa shape index (κ2) is 6.11. The number of nitrogens with one attached hydrogen (secondary N) is 1. The van der Waals surface area contributed by atoms with E-state index in [1.54, 1.807) is 18.2 Å². The molecule has 0 aliphatic rings. The second-order valence-corrected chi connectivity index (χ2v) is 4.23. The summed E-state index contributed by atoms with van der Waals surface area (Å²) in [7, 11) is 0. The molecular formula is C15H11F3N2. The molecule has 0 heterocycles. The lowest BCUT2D eigenvalue weighted by Gasteiger charge is -2.09. The van der Waals surface area contributed by atoms with Gasteiger partial charge in [0.2, 0.25) is 0 Å². The molecule has 0 amide bonds. The van der Waals surface area contributed by atoms with Gasteiger partial charge in [-0.15, -0.1) is 0 Å². The predicted octanol–water partition coefficient (Wildman–Crippen LogP) is 3.63. The molecule has 102 valence electrons. The number of nitrogens with zero attached hydrogens (tertiary/aromatic N) is 1. The third-order valence-corrected chi connectivity index (χ3v) is 2.78. The van der Waals surface area contributed by atoms with Crippen molar-refractivity contribution in [3.63, 3.8) is 0 Å². The minimum absolute atomic E-state index is 0.0734. The van der Waals surface area contributed by atoms with Gasteiger partial charge in [-0.25, -0.2) is 13.2 Å². The molecule has 0 aliphatic heterocycles. The van der Waals surface area contributed by atoms with Gasteiger partial charge in [-0.1, -0.05) is 12.1 Å². The fourth-order valence-corrected chi connectivity index (χ4v) is 1.83. The summed E-state index contributed by atoms with van der Waals surface area (Å²) < 4.78 is 40.1. The quantitative estimate of drug-likeness (QED) is 0.925. The molecular weight excluding hydrogens is 265 g/mol. The summed E-state index contributed by atoms with van der Waals surface area (Å²) in [5, 5.41) is 11.2. The highest BCUT2D eigenvalue weighted by Gasteiger charge is 2.10. The van der Waals surface area contributed by atoms with E-state index >= 15 is 0 Å². The fourth-order valence-electron chi connectivity index (χ4n) is 1.83. The van der Waals surface area contributed by atoms with Gasteiger partial charge in [-0.2, -0.15) is 5.26 Å². The monoisotopic (exact) mass is 276 g/mol. The first kappa shape index (κ1) is 13.9. The summed E-state index contributed by atoms with van der Waals surface area (Å²) >= 11 is 0. The van der Waals surface area contributed by atoms with Crippen molar-refractivity contribution in [1.82, 2.24) is 0 Å². The maximum Gasteiger partial charge on any atom is 0.150 e. The number of hydrogen-bond donors (Lipinski definition) is 1.